The van der Waals surface area contributed by atoms with Crippen LogP contribution in [-0.2, 0) is 6.54 Å². The summed E-state index contributed by atoms with van der Waals surface area (Å²) in [6.45, 7) is 2.51. The Kier molecular flexibility index (Phi) is 3.93. The zero-order chi connectivity index (χ0) is 14.7. The van der Waals surface area contributed by atoms with Crippen molar-refractivity contribution in [2.24, 2.45) is 0 Å². The summed E-state index contributed by atoms with van der Waals surface area (Å²) in [6.07, 6.45) is 1.49. The molecule has 2 aromatic rings. The molecule has 0 unspecified atom stereocenters. The summed E-state index contributed by atoms with van der Waals surface area (Å²) in [7, 11) is 3.90. The molecule has 2 rings (SSSR count). The van der Waals surface area contributed by atoms with Crippen molar-refractivity contribution in [1.82, 2.24) is 9.78 Å². The number of hydrogen-bond acceptors (Lipinski definition) is 4. The predicted molar refractivity (Wildman–Crippen MR) is 81.0 cm³/mol. The lowest BCUT2D eigenvalue weighted by Gasteiger charge is -2.14. The van der Waals surface area contributed by atoms with E-state index in [2.05, 4.69) is 10.4 Å². The van der Waals surface area contributed by atoms with Crippen molar-refractivity contribution >= 4 is 23.0 Å². The molecule has 6 nitrogen and oxygen atoms in total. The number of amides is 1. The fraction of sp³-hybridized carbons (Fsp3) is 0.286. The average molecular weight is 273 g/mol. The number of hydrogen-bond donors (Lipinski definition) is 2. The van der Waals surface area contributed by atoms with Gasteiger partial charge in [-0.2, -0.15) is 5.10 Å². The van der Waals surface area contributed by atoms with Gasteiger partial charge in [0.05, 0.1) is 11.9 Å². The van der Waals surface area contributed by atoms with Crippen molar-refractivity contribution in [3.63, 3.8) is 0 Å². The lowest BCUT2D eigenvalue weighted by Crippen LogP contribution is -2.19. The quantitative estimate of drug-likeness (QED) is 0.890. The first-order chi connectivity index (χ1) is 9.52. The maximum absolute atomic E-state index is 12.3. The van der Waals surface area contributed by atoms with E-state index in [-0.39, 0.29) is 5.91 Å². The number of aromatic nitrogens is 2. The second kappa shape index (κ2) is 5.64. The van der Waals surface area contributed by atoms with Crippen LogP contribution in [0.3, 0.4) is 0 Å². The van der Waals surface area contributed by atoms with Gasteiger partial charge in [-0.1, -0.05) is 6.07 Å². The zero-order valence-electron chi connectivity index (χ0n) is 11.9. The summed E-state index contributed by atoms with van der Waals surface area (Å²) in [5, 5.41) is 6.91. The molecule has 0 atom stereocenters. The molecule has 6 heteroatoms. The summed E-state index contributed by atoms with van der Waals surface area (Å²) in [6, 6.07) is 7.61. The van der Waals surface area contributed by atoms with E-state index in [4.69, 9.17) is 5.73 Å². The Hall–Kier alpha value is -2.50. The molecule has 0 aliphatic rings. The molecule has 0 aliphatic heterocycles. The molecule has 20 heavy (non-hydrogen) atoms. The van der Waals surface area contributed by atoms with E-state index in [0.29, 0.717) is 17.9 Å². The molecule has 0 fully saturated rings. The monoisotopic (exact) mass is 273 g/mol. The fourth-order valence-corrected chi connectivity index (χ4v) is 1.94. The van der Waals surface area contributed by atoms with Gasteiger partial charge < -0.3 is 16.0 Å². The maximum Gasteiger partial charge on any atom is 0.276 e. The highest BCUT2D eigenvalue weighted by Gasteiger charge is 2.16. The lowest BCUT2D eigenvalue weighted by atomic mass is 10.2. The average Bonchev–Trinajstić information content (AvgIpc) is 2.80. The minimum Gasteiger partial charge on any atom is -0.396 e. The molecular formula is C14H19N5O. The first-order valence-corrected chi connectivity index (χ1v) is 6.43. The van der Waals surface area contributed by atoms with Crippen LogP contribution in [0.4, 0.5) is 17.1 Å². The van der Waals surface area contributed by atoms with E-state index in [9.17, 15) is 4.79 Å². The summed E-state index contributed by atoms with van der Waals surface area (Å²) in [4.78, 5) is 14.3. The number of benzene rings is 1. The zero-order valence-corrected chi connectivity index (χ0v) is 11.9. The minimum atomic E-state index is -0.252. The van der Waals surface area contributed by atoms with Crippen molar-refractivity contribution in [3.05, 3.63) is 36.2 Å². The van der Waals surface area contributed by atoms with Gasteiger partial charge >= 0.3 is 0 Å². The molecule has 1 amide bonds. The number of carbonyl (C=O) groups is 1. The Labute approximate surface area is 118 Å². The van der Waals surface area contributed by atoms with Gasteiger partial charge in [-0.25, -0.2) is 0 Å². The first-order valence-electron chi connectivity index (χ1n) is 6.43. The highest BCUT2D eigenvalue weighted by molar-refractivity contribution is 6.06. The van der Waals surface area contributed by atoms with Crippen molar-refractivity contribution in [2.75, 3.05) is 30.0 Å². The van der Waals surface area contributed by atoms with Gasteiger partial charge in [-0.15, -0.1) is 0 Å². The predicted octanol–water partition coefficient (Wildman–Crippen LogP) is 1.80. The van der Waals surface area contributed by atoms with Gasteiger partial charge in [-0.05, 0) is 25.1 Å². The number of nitrogens with one attached hydrogen (secondary N) is 1. The molecule has 0 aliphatic carbocycles. The minimum absolute atomic E-state index is 0.252. The summed E-state index contributed by atoms with van der Waals surface area (Å²) in [5.41, 5.74) is 8.31. The summed E-state index contributed by atoms with van der Waals surface area (Å²) in [5.74, 6) is -0.252. The standard InChI is InChI=1S/C14H19N5O/c1-4-19-13(12(15)9-16-19)14(20)17-10-6-5-7-11(8-10)18(2)3/h5-9H,4,15H2,1-3H3,(H,17,20). The molecule has 0 saturated carbocycles. The van der Waals surface area contributed by atoms with Crippen molar-refractivity contribution in [1.29, 1.82) is 0 Å². The van der Waals surface area contributed by atoms with Gasteiger partial charge in [0, 0.05) is 32.0 Å². The van der Waals surface area contributed by atoms with Gasteiger partial charge in [-0.3, -0.25) is 9.48 Å². The molecule has 3 N–H and O–H groups in total. The van der Waals surface area contributed by atoms with E-state index < -0.39 is 0 Å². The van der Waals surface area contributed by atoms with Gasteiger partial charge in [0.2, 0.25) is 0 Å². The number of nitrogen functional groups attached to an aromatic ring is 1. The molecule has 1 heterocycles. The van der Waals surface area contributed by atoms with E-state index in [0.717, 1.165) is 11.4 Å². The van der Waals surface area contributed by atoms with Crippen molar-refractivity contribution in [2.45, 2.75) is 13.5 Å². The Morgan fingerprint density at radius 2 is 2.20 bits per heavy atom. The second-order valence-corrected chi connectivity index (χ2v) is 4.66. The van der Waals surface area contributed by atoms with Crippen LogP contribution in [0.1, 0.15) is 17.4 Å². The highest BCUT2D eigenvalue weighted by Crippen LogP contribution is 2.19. The molecule has 0 saturated heterocycles. The number of nitrogens with two attached hydrogens (primary N) is 1. The third-order valence-corrected chi connectivity index (χ3v) is 3.00. The molecule has 106 valence electrons. The Balaban J connectivity index is 2.23. The molecule has 1 aromatic heterocycles. The maximum atomic E-state index is 12.3. The van der Waals surface area contributed by atoms with Crippen LogP contribution in [0.15, 0.2) is 30.5 Å². The van der Waals surface area contributed by atoms with Crippen LogP contribution in [-0.4, -0.2) is 29.8 Å². The van der Waals surface area contributed by atoms with E-state index >= 15 is 0 Å². The Bertz CT molecular complexity index is 618. The molecule has 0 radical (unpaired) electrons. The van der Waals surface area contributed by atoms with Crippen molar-refractivity contribution in [3.8, 4) is 0 Å². The Morgan fingerprint density at radius 1 is 1.45 bits per heavy atom. The van der Waals surface area contributed by atoms with Crippen molar-refractivity contribution < 1.29 is 4.79 Å². The first kappa shape index (κ1) is 13.9. The number of anilines is 3. The van der Waals surface area contributed by atoms with Crippen LogP contribution in [0.25, 0.3) is 0 Å². The smallest absolute Gasteiger partial charge is 0.276 e. The Morgan fingerprint density at radius 3 is 2.85 bits per heavy atom. The van der Waals surface area contributed by atoms with Crippen LogP contribution >= 0.6 is 0 Å². The van der Waals surface area contributed by atoms with Crippen LogP contribution < -0.4 is 16.0 Å². The largest absolute Gasteiger partial charge is 0.396 e. The van der Waals surface area contributed by atoms with Crippen LogP contribution in [0, 0.1) is 0 Å². The number of carbonyl (C=O) groups excluding carboxylic acids is 1. The molecule has 0 bridgehead atoms. The van der Waals surface area contributed by atoms with E-state index in [1.165, 1.54) is 6.20 Å². The highest BCUT2D eigenvalue weighted by atomic mass is 16.2. The fourth-order valence-electron chi connectivity index (χ4n) is 1.94. The third kappa shape index (κ3) is 2.74. The van der Waals surface area contributed by atoms with E-state index in [1.807, 2.05) is 50.2 Å². The number of rotatable bonds is 4. The number of nitrogens with zero attached hydrogens (tertiary/aromatic N) is 3. The normalized spacial score (nSPS) is 10.3. The molecular weight excluding hydrogens is 254 g/mol. The second-order valence-electron chi connectivity index (χ2n) is 4.66. The van der Waals surface area contributed by atoms with Crippen LogP contribution in [0.2, 0.25) is 0 Å². The van der Waals surface area contributed by atoms with Crippen LogP contribution in [0.5, 0.6) is 0 Å². The summed E-state index contributed by atoms with van der Waals surface area (Å²) >= 11 is 0. The SMILES string of the molecule is CCn1ncc(N)c1C(=O)Nc1cccc(N(C)C)c1. The third-order valence-electron chi connectivity index (χ3n) is 3.00. The van der Waals surface area contributed by atoms with Gasteiger partial charge in [0.1, 0.15) is 5.69 Å². The molecule has 1 aromatic carbocycles. The van der Waals surface area contributed by atoms with E-state index in [1.54, 1.807) is 4.68 Å². The molecule has 0 spiro atoms. The lowest BCUT2D eigenvalue weighted by molar-refractivity contribution is 0.101. The summed E-state index contributed by atoms with van der Waals surface area (Å²) < 4.78 is 1.58. The topological polar surface area (TPSA) is 76.2 Å². The van der Waals surface area contributed by atoms with Gasteiger partial charge in [0.15, 0.2) is 0 Å². The number of aryl methyl sites for hydroxylation is 1. The van der Waals surface area contributed by atoms with Gasteiger partial charge in [0.25, 0.3) is 5.91 Å².